The molecule has 0 aliphatic carbocycles. The second-order valence-corrected chi connectivity index (χ2v) is 5.73. The standard InChI is InChI=1S/C15H17NO3S/c1-3-10(2)9-19-12-7-5-4-6-11(12)8-13-14(17)16-15(18)20-13/h4-8,10H,3,9H2,1-2H3,(H,16,17,18)/b13-8-. The Morgan fingerprint density at radius 2 is 2.10 bits per heavy atom. The number of benzene rings is 1. The first kappa shape index (κ1) is 14.7. The van der Waals surface area contributed by atoms with E-state index in [-0.39, 0.29) is 11.1 Å². The van der Waals surface area contributed by atoms with E-state index in [1.54, 1.807) is 6.08 Å². The molecular weight excluding hydrogens is 274 g/mol. The molecule has 0 bridgehead atoms. The highest BCUT2D eigenvalue weighted by Crippen LogP contribution is 2.29. The molecule has 0 saturated carbocycles. The molecule has 2 rings (SSSR count). The highest BCUT2D eigenvalue weighted by Gasteiger charge is 2.25. The summed E-state index contributed by atoms with van der Waals surface area (Å²) in [5.41, 5.74) is 0.808. The van der Waals surface area contributed by atoms with Gasteiger partial charge in [0.1, 0.15) is 5.75 Å². The number of para-hydroxylation sites is 1. The van der Waals surface area contributed by atoms with Crippen molar-refractivity contribution in [3.05, 3.63) is 34.7 Å². The van der Waals surface area contributed by atoms with E-state index in [9.17, 15) is 9.59 Å². The quantitative estimate of drug-likeness (QED) is 0.844. The first-order chi connectivity index (χ1) is 9.60. The minimum Gasteiger partial charge on any atom is -0.493 e. The zero-order chi connectivity index (χ0) is 14.5. The molecule has 20 heavy (non-hydrogen) atoms. The molecule has 1 aliphatic heterocycles. The van der Waals surface area contributed by atoms with Gasteiger partial charge >= 0.3 is 0 Å². The maximum atomic E-state index is 11.6. The monoisotopic (exact) mass is 291 g/mol. The Morgan fingerprint density at radius 3 is 2.75 bits per heavy atom. The van der Waals surface area contributed by atoms with E-state index < -0.39 is 0 Å². The minimum atomic E-state index is -0.350. The van der Waals surface area contributed by atoms with E-state index in [2.05, 4.69) is 19.2 Å². The Morgan fingerprint density at radius 1 is 1.35 bits per heavy atom. The summed E-state index contributed by atoms with van der Waals surface area (Å²) in [6, 6.07) is 7.51. The van der Waals surface area contributed by atoms with Gasteiger partial charge in [0.05, 0.1) is 11.5 Å². The van der Waals surface area contributed by atoms with Crippen molar-refractivity contribution in [2.45, 2.75) is 20.3 Å². The Bertz CT molecular complexity index is 554. The van der Waals surface area contributed by atoms with E-state index in [1.165, 1.54) is 0 Å². The maximum Gasteiger partial charge on any atom is 0.290 e. The molecule has 1 atom stereocenters. The van der Waals surface area contributed by atoms with Crippen molar-refractivity contribution in [2.24, 2.45) is 5.92 Å². The van der Waals surface area contributed by atoms with Crippen molar-refractivity contribution in [2.75, 3.05) is 6.61 Å². The lowest BCUT2D eigenvalue weighted by Gasteiger charge is -2.13. The van der Waals surface area contributed by atoms with Crippen LogP contribution in [0.2, 0.25) is 0 Å². The average Bonchev–Trinajstić information content (AvgIpc) is 2.75. The van der Waals surface area contributed by atoms with Crippen LogP contribution in [0.4, 0.5) is 4.79 Å². The molecule has 0 radical (unpaired) electrons. The van der Waals surface area contributed by atoms with Crippen LogP contribution in [0.5, 0.6) is 5.75 Å². The fourth-order valence-corrected chi connectivity index (χ4v) is 2.32. The Balaban J connectivity index is 2.18. The highest BCUT2D eigenvalue weighted by atomic mass is 32.2. The fourth-order valence-electron chi connectivity index (χ4n) is 1.64. The lowest BCUT2D eigenvalue weighted by molar-refractivity contribution is -0.115. The Hall–Kier alpha value is -1.75. The number of carbonyl (C=O) groups is 2. The topological polar surface area (TPSA) is 55.4 Å². The molecule has 1 N–H and O–H groups in total. The lowest BCUT2D eigenvalue weighted by atomic mass is 10.1. The van der Waals surface area contributed by atoms with Crippen LogP contribution in [0.15, 0.2) is 29.2 Å². The van der Waals surface area contributed by atoms with E-state index in [4.69, 9.17) is 4.74 Å². The van der Waals surface area contributed by atoms with Gasteiger partial charge in [-0.25, -0.2) is 0 Å². The van der Waals surface area contributed by atoms with Gasteiger partial charge in [0, 0.05) is 5.56 Å². The van der Waals surface area contributed by atoms with E-state index >= 15 is 0 Å². The number of rotatable bonds is 5. The van der Waals surface area contributed by atoms with E-state index in [0.717, 1.165) is 29.5 Å². The largest absolute Gasteiger partial charge is 0.493 e. The molecule has 106 valence electrons. The molecule has 1 saturated heterocycles. The molecular formula is C15H17NO3S. The van der Waals surface area contributed by atoms with Crippen LogP contribution >= 0.6 is 11.8 Å². The van der Waals surface area contributed by atoms with Crippen molar-refractivity contribution in [1.82, 2.24) is 5.32 Å². The molecule has 1 aromatic carbocycles. The molecule has 1 aliphatic rings. The Kier molecular flexibility index (Phi) is 4.84. The minimum absolute atomic E-state index is 0.334. The zero-order valence-electron chi connectivity index (χ0n) is 11.5. The third-order valence-corrected chi connectivity index (χ3v) is 3.88. The first-order valence-electron chi connectivity index (χ1n) is 6.56. The second-order valence-electron chi connectivity index (χ2n) is 4.71. The molecule has 1 unspecified atom stereocenters. The van der Waals surface area contributed by atoms with Gasteiger partial charge in [0.25, 0.3) is 11.1 Å². The molecule has 4 nitrogen and oxygen atoms in total. The van der Waals surface area contributed by atoms with Gasteiger partial charge < -0.3 is 4.74 Å². The van der Waals surface area contributed by atoms with Gasteiger partial charge in [0.2, 0.25) is 0 Å². The highest BCUT2D eigenvalue weighted by molar-refractivity contribution is 8.18. The summed E-state index contributed by atoms with van der Waals surface area (Å²) in [6.45, 7) is 4.88. The fraction of sp³-hybridized carbons (Fsp3) is 0.333. The first-order valence-corrected chi connectivity index (χ1v) is 7.38. The SMILES string of the molecule is CCC(C)COc1ccccc1/C=C1\SC(=O)NC1=O. The van der Waals surface area contributed by atoms with Crippen LogP contribution in [-0.4, -0.2) is 17.8 Å². The van der Waals surface area contributed by atoms with Crippen LogP contribution in [-0.2, 0) is 4.79 Å². The van der Waals surface area contributed by atoms with Gasteiger partial charge in [0.15, 0.2) is 0 Å². The van der Waals surface area contributed by atoms with Gasteiger partial charge in [-0.15, -0.1) is 0 Å². The van der Waals surface area contributed by atoms with E-state index in [1.807, 2.05) is 24.3 Å². The summed E-state index contributed by atoms with van der Waals surface area (Å²) in [5, 5.41) is 1.91. The average molecular weight is 291 g/mol. The molecule has 5 heteroatoms. The molecule has 0 spiro atoms. The van der Waals surface area contributed by atoms with Crippen molar-refractivity contribution in [3.63, 3.8) is 0 Å². The smallest absolute Gasteiger partial charge is 0.290 e. The molecule has 1 fully saturated rings. The Labute approximate surface area is 122 Å². The van der Waals surface area contributed by atoms with Crippen molar-refractivity contribution in [1.29, 1.82) is 0 Å². The number of amides is 2. The summed E-state index contributed by atoms with van der Waals surface area (Å²) in [6.07, 6.45) is 2.74. The van der Waals surface area contributed by atoms with Gasteiger partial charge in [-0.2, -0.15) is 0 Å². The number of hydrogen-bond acceptors (Lipinski definition) is 4. The van der Waals surface area contributed by atoms with Gasteiger partial charge in [-0.1, -0.05) is 38.5 Å². The number of thioether (sulfide) groups is 1. The van der Waals surface area contributed by atoms with Crippen molar-refractivity contribution in [3.8, 4) is 5.75 Å². The van der Waals surface area contributed by atoms with E-state index in [0.29, 0.717) is 17.4 Å². The summed E-state index contributed by atoms with van der Waals surface area (Å²) in [5.74, 6) is 0.853. The lowest BCUT2D eigenvalue weighted by Crippen LogP contribution is -2.17. The maximum absolute atomic E-state index is 11.6. The molecule has 2 amide bonds. The summed E-state index contributed by atoms with van der Waals surface area (Å²) < 4.78 is 5.79. The zero-order valence-corrected chi connectivity index (χ0v) is 12.3. The van der Waals surface area contributed by atoms with Crippen LogP contribution in [0.25, 0.3) is 6.08 Å². The van der Waals surface area contributed by atoms with Crippen molar-refractivity contribution >= 4 is 29.0 Å². The van der Waals surface area contributed by atoms with Crippen molar-refractivity contribution < 1.29 is 14.3 Å². The summed E-state index contributed by atoms with van der Waals surface area (Å²) in [7, 11) is 0. The third-order valence-electron chi connectivity index (χ3n) is 3.07. The summed E-state index contributed by atoms with van der Waals surface area (Å²) >= 11 is 0.912. The number of nitrogens with one attached hydrogen (secondary N) is 1. The predicted octanol–water partition coefficient (Wildman–Crippen LogP) is 3.44. The van der Waals surface area contributed by atoms with Gasteiger partial charge in [-0.05, 0) is 29.8 Å². The number of ether oxygens (including phenoxy) is 1. The molecule has 1 aromatic rings. The predicted molar refractivity (Wildman–Crippen MR) is 80.5 cm³/mol. The van der Waals surface area contributed by atoms with Crippen LogP contribution in [0.1, 0.15) is 25.8 Å². The summed E-state index contributed by atoms with van der Waals surface area (Å²) in [4.78, 5) is 23.1. The van der Waals surface area contributed by atoms with Crippen LogP contribution in [0, 0.1) is 5.92 Å². The number of imide groups is 1. The van der Waals surface area contributed by atoms with Crippen LogP contribution in [0.3, 0.4) is 0 Å². The number of hydrogen-bond donors (Lipinski definition) is 1. The molecule has 0 aromatic heterocycles. The third kappa shape index (κ3) is 3.63. The molecule has 1 heterocycles. The van der Waals surface area contributed by atoms with Crippen LogP contribution < -0.4 is 10.1 Å². The number of carbonyl (C=O) groups excluding carboxylic acids is 2. The second kappa shape index (κ2) is 6.61. The normalized spacial score (nSPS) is 18.2. The van der Waals surface area contributed by atoms with Gasteiger partial charge in [-0.3, -0.25) is 14.9 Å².